The average Bonchev–Trinajstić information content (AvgIpc) is 2.95. The Morgan fingerprint density at radius 3 is 2.25 bits per heavy atom. The number of hydrogen-bond donors (Lipinski definition) is 1. The van der Waals surface area contributed by atoms with Gasteiger partial charge in [0.2, 0.25) is 0 Å². The summed E-state index contributed by atoms with van der Waals surface area (Å²) in [4.78, 5) is 0. The van der Waals surface area contributed by atoms with E-state index >= 15 is 0 Å². The molecular formula is C16H23ClO3. The highest BCUT2D eigenvalue weighted by molar-refractivity contribution is 6.31. The standard InChI is InChI=1S/C16H23ClO3/c1-3-19-14-9-12(13(17)10-15(14)20-4-2)16(18)11-7-5-6-8-11/h9-11,16,18H,3-8H2,1-2H3. The number of rotatable bonds is 6. The van der Waals surface area contributed by atoms with E-state index in [4.69, 9.17) is 21.1 Å². The van der Waals surface area contributed by atoms with E-state index in [0.717, 1.165) is 18.4 Å². The second kappa shape index (κ2) is 7.19. The molecule has 1 aliphatic carbocycles. The summed E-state index contributed by atoms with van der Waals surface area (Å²) < 4.78 is 11.1. The van der Waals surface area contributed by atoms with Gasteiger partial charge in [0.1, 0.15) is 0 Å². The molecule has 0 bridgehead atoms. The zero-order chi connectivity index (χ0) is 14.5. The molecule has 1 fully saturated rings. The summed E-state index contributed by atoms with van der Waals surface area (Å²) in [5.41, 5.74) is 0.755. The molecule has 112 valence electrons. The topological polar surface area (TPSA) is 38.7 Å². The van der Waals surface area contributed by atoms with Crippen molar-refractivity contribution < 1.29 is 14.6 Å². The third-order valence-electron chi connectivity index (χ3n) is 3.83. The molecule has 0 saturated heterocycles. The van der Waals surface area contributed by atoms with Gasteiger partial charge in [-0.15, -0.1) is 0 Å². The Morgan fingerprint density at radius 2 is 1.70 bits per heavy atom. The van der Waals surface area contributed by atoms with Crippen LogP contribution in [0.2, 0.25) is 5.02 Å². The van der Waals surface area contributed by atoms with Crippen molar-refractivity contribution in [3.05, 3.63) is 22.7 Å². The van der Waals surface area contributed by atoms with Gasteiger partial charge < -0.3 is 14.6 Å². The molecule has 3 nitrogen and oxygen atoms in total. The minimum absolute atomic E-state index is 0.305. The number of halogens is 1. The Kier molecular flexibility index (Phi) is 5.55. The number of aliphatic hydroxyl groups excluding tert-OH is 1. The van der Waals surface area contributed by atoms with E-state index in [1.807, 2.05) is 19.9 Å². The van der Waals surface area contributed by atoms with Crippen molar-refractivity contribution in [2.45, 2.75) is 45.6 Å². The van der Waals surface area contributed by atoms with Gasteiger partial charge >= 0.3 is 0 Å². The third-order valence-corrected chi connectivity index (χ3v) is 4.16. The fourth-order valence-corrected chi connectivity index (χ4v) is 3.11. The predicted octanol–water partition coefficient (Wildman–Crippen LogP) is 4.36. The first-order valence-corrected chi connectivity index (χ1v) is 7.82. The molecule has 1 aromatic rings. The van der Waals surface area contributed by atoms with Crippen molar-refractivity contribution >= 4 is 11.6 Å². The van der Waals surface area contributed by atoms with E-state index in [0.29, 0.717) is 35.7 Å². The van der Waals surface area contributed by atoms with Crippen molar-refractivity contribution in [2.24, 2.45) is 5.92 Å². The molecule has 0 aromatic heterocycles. The number of aliphatic hydroxyl groups is 1. The predicted molar refractivity (Wildman–Crippen MR) is 80.7 cm³/mol. The lowest BCUT2D eigenvalue weighted by Gasteiger charge is -2.21. The van der Waals surface area contributed by atoms with Crippen molar-refractivity contribution in [3.8, 4) is 11.5 Å². The van der Waals surface area contributed by atoms with Crippen molar-refractivity contribution in [1.29, 1.82) is 0 Å². The summed E-state index contributed by atoms with van der Waals surface area (Å²) in [5.74, 6) is 1.60. The van der Waals surface area contributed by atoms with Gasteiger partial charge in [0.15, 0.2) is 11.5 Å². The minimum atomic E-state index is -0.514. The van der Waals surface area contributed by atoms with Gasteiger partial charge in [0.05, 0.1) is 24.3 Å². The quantitative estimate of drug-likeness (QED) is 0.848. The minimum Gasteiger partial charge on any atom is -0.490 e. The maximum absolute atomic E-state index is 10.5. The number of benzene rings is 1. The van der Waals surface area contributed by atoms with Crippen LogP contribution in [0.15, 0.2) is 12.1 Å². The van der Waals surface area contributed by atoms with Gasteiger partial charge in [0.25, 0.3) is 0 Å². The number of ether oxygens (including phenoxy) is 2. The summed E-state index contributed by atoms with van der Waals surface area (Å²) >= 11 is 6.32. The lowest BCUT2D eigenvalue weighted by atomic mass is 9.94. The highest BCUT2D eigenvalue weighted by Gasteiger charge is 2.27. The molecule has 0 aliphatic heterocycles. The Hall–Kier alpha value is -0.930. The lowest BCUT2D eigenvalue weighted by Crippen LogP contribution is -2.10. The van der Waals surface area contributed by atoms with E-state index in [1.54, 1.807) is 6.07 Å². The smallest absolute Gasteiger partial charge is 0.162 e. The Morgan fingerprint density at radius 1 is 1.15 bits per heavy atom. The van der Waals surface area contributed by atoms with E-state index < -0.39 is 6.10 Å². The van der Waals surface area contributed by atoms with Crippen LogP contribution >= 0.6 is 11.6 Å². The molecule has 1 aromatic carbocycles. The van der Waals surface area contributed by atoms with Crippen LogP contribution in [0.5, 0.6) is 11.5 Å². The second-order valence-corrected chi connectivity index (χ2v) is 5.58. The highest BCUT2D eigenvalue weighted by Crippen LogP contribution is 2.42. The molecule has 0 heterocycles. The van der Waals surface area contributed by atoms with Gasteiger partial charge in [0, 0.05) is 11.6 Å². The molecule has 0 amide bonds. The van der Waals surface area contributed by atoms with Gasteiger partial charge in [-0.25, -0.2) is 0 Å². The van der Waals surface area contributed by atoms with Crippen LogP contribution in [-0.2, 0) is 0 Å². The third kappa shape index (κ3) is 3.39. The molecule has 1 saturated carbocycles. The van der Waals surface area contributed by atoms with Gasteiger partial charge in [-0.3, -0.25) is 0 Å². The lowest BCUT2D eigenvalue weighted by molar-refractivity contribution is 0.111. The maximum Gasteiger partial charge on any atom is 0.162 e. The molecule has 1 atom stereocenters. The van der Waals surface area contributed by atoms with E-state index in [2.05, 4.69) is 0 Å². The first-order chi connectivity index (χ1) is 9.67. The monoisotopic (exact) mass is 298 g/mol. The summed E-state index contributed by atoms with van der Waals surface area (Å²) in [5, 5.41) is 11.1. The molecule has 4 heteroatoms. The fraction of sp³-hybridized carbons (Fsp3) is 0.625. The van der Waals surface area contributed by atoms with Gasteiger partial charge in [-0.05, 0) is 38.7 Å². The van der Waals surface area contributed by atoms with E-state index in [9.17, 15) is 5.11 Å². The maximum atomic E-state index is 10.5. The summed E-state index contributed by atoms with van der Waals surface area (Å²) in [6.07, 6.45) is 3.99. The second-order valence-electron chi connectivity index (χ2n) is 5.18. The molecule has 1 N–H and O–H groups in total. The van der Waals surface area contributed by atoms with Crippen LogP contribution in [0.3, 0.4) is 0 Å². The first kappa shape index (κ1) is 15.5. The first-order valence-electron chi connectivity index (χ1n) is 7.44. The van der Waals surface area contributed by atoms with Crippen LogP contribution < -0.4 is 9.47 Å². The summed E-state index contributed by atoms with van der Waals surface area (Å²) in [6, 6.07) is 3.59. The SMILES string of the molecule is CCOc1cc(Cl)c(C(O)C2CCCC2)cc1OCC. The van der Waals surface area contributed by atoms with Crippen molar-refractivity contribution in [3.63, 3.8) is 0 Å². The number of hydrogen-bond acceptors (Lipinski definition) is 3. The Labute approximate surface area is 125 Å². The van der Waals surface area contributed by atoms with Gasteiger partial charge in [-0.1, -0.05) is 24.4 Å². The van der Waals surface area contributed by atoms with Crippen LogP contribution in [0.1, 0.15) is 51.2 Å². The highest BCUT2D eigenvalue weighted by atomic mass is 35.5. The van der Waals surface area contributed by atoms with Crippen molar-refractivity contribution in [2.75, 3.05) is 13.2 Å². The molecule has 20 heavy (non-hydrogen) atoms. The molecule has 0 spiro atoms. The fourth-order valence-electron chi connectivity index (χ4n) is 2.84. The zero-order valence-corrected chi connectivity index (χ0v) is 12.9. The van der Waals surface area contributed by atoms with Crippen LogP contribution in [-0.4, -0.2) is 18.3 Å². The molecule has 0 radical (unpaired) electrons. The van der Waals surface area contributed by atoms with E-state index in [1.165, 1.54) is 12.8 Å². The molecule has 1 aliphatic rings. The van der Waals surface area contributed by atoms with Gasteiger partial charge in [-0.2, -0.15) is 0 Å². The largest absolute Gasteiger partial charge is 0.490 e. The summed E-state index contributed by atoms with van der Waals surface area (Å²) in [6.45, 7) is 4.96. The van der Waals surface area contributed by atoms with Crippen LogP contribution in [0.25, 0.3) is 0 Å². The molecule has 2 rings (SSSR count). The Balaban J connectivity index is 2.29. The Bertz CT molecular complexity index is 442. The van der Waals surface area contributed by atoms with Crippen molar-refractivity contribution in [1.82, 2.24) is 0 Å². The zero-order valence-electron chi connectivity index (χ0n) is 12.2. The van der Waals surface area contributed by atoms with Crippen LogP contribution in [0, 0.1) is 5.92 Å². The normalized spacial score (nSPS) is 17.2. The average molecular weight is 299 g/mol. The molecule has 1 unspecified atom stereocenters. The summed E-state index contributed by atoms with van der Waals surface area (Å²) in [7, 11) is 0. The molecular weight excluding hydrogens is 276 g/mol. The van der Waals surface area contributed by atoms with E-state index in [-0.39, 0.29) is 0 Å². The van der Waals surface area contributed by atoms with Crippen LogP contribution in [0.4, 0.5) is 0 Å².